The third-order valence-corrected chi connectivity index (χ3v) is 4.81. The maximum atomic E-state index is 13.2. The van der Waals surface area contributed by atoms with E-state index in [1.807, 2.05) is 0 Å². The summed E-state index contributed by atoms with van der Waals surface area (Å²) < 4.78 is 20.2. The van der Waals surface area contributed by atoms with Crippen molar-refractivity contribution in [3.8, 4) is 11.5 Å². The fourth-order valence-corrected chi connectivity index (χ4v) is 3.19. The lowest BCUT2D eigenvalue weighted by atomic mass is 10.1. The van der Waals surface area contributed by atoms with Crippen molar-refractivity contribution in [1.82, 2.24) is 4.90 Å². The number of methoxy groups -OCH3 is 3. The van der Waals surface area contributed by atoms with E-state index in [1.54, 1.807) is 42.5 Å². The Morgan fingerprint density at radius 3 is 2.19 bits per heavy atom. The molecule has 0 radical (unpaired) electrons. The molecule has 31 heavy (non-hydrogen) atoms. The molecule has 164 valence electrons. The zero-order chi connectivity index (χ0) is 22.4. The van der Waals surface area contributed by atoms with Crippen molar-refractivity contribution in [2.75, 3.05) is 45.9 Å². The van der Waals surface area contributed by atoms with Gasteiger partial charge in [-0.1, -0.05) is 0 Å². The smallest absolute Gasteiger partial charge is 0.414 e. The SMILES string of the molecule is COC(=O)CN(Cc1cc(OC)cc(OC)c1)C(=O)c1ccc(N2CCOC2=O)cc1. The minimum Gasteiger partial charge on any atom is -0.497 e. The summed E-state index contributed by atoms with van der Waals surface area (Å²) in [6.07, 6.45) is -0.418. The lowest BCUT2D eigenvalue weighted by molar-refractivity contribution is -0.141. The van der Waals surface area contributed by atoms with Gasteiger partial charge in [0.25, 0.3) is 5.91 Å². The van der Waals surface area contributed by atoms with Gasteiger partial charge in [0, 0.05) is 23.9 Å². The molecule has 0 bridgehead atoms. The van der Waals surface area contributed by atoms with E-state index in [1.165, 1.54) is 31.1 Å². The van der Waals surface area contributed by atoms with Crippen molar-refractivity contribution >= 4 is 23.7 Å². The topological polar surface area (TPSA) is 94.6 Å². The summed E-state index contributed by atoms with van der Waals surface area (Å²) in [5.74, 6) is 0.241. The highest BCUT2D eigenvalue weighted by atomic mass is 16.6. The number of esters is 1. The van der Waals surface area contributed by atoms with Gasteiger partial charge in [-0.2, -0.15) is 0 Å². The average molecular weight is 428 g/mol. The number of nitrogens with zero attached hydrogens (tertiary/aromatic N) is 2. The Morgan fingerprint density at radius 2 is 1.68 bits per heavy atom. The maximum absolute atomic E-state index is 13.2. The van der Waals surface area contributed by atoms with Gasteiger partial charge in [-0.05, 0) is 42.0 Å². The molecule has 0 saturated carbocycles. The van der Waals surface area contributed by atoms with Crippen molar-refractivity contribution in [2.45, 2.75) is 6.54 Å². The Morgan fingerprint density at radius 1 is 1.03 bits per heavy atom. The van der Waals surface area contributed by atoms with E-state index in [0.29, 0.717) is 35.9 Å². The molecule has 2 amide bonds. The number of hydrogen-bond donors (Lipinski definition) is 0. The first-order valence-electron chi connectivity index (χ1n) is 9.57. The van der Waals surface area contributed by atoms with Crippen molar-refractivity contribution < 1.29 is 33.3 Å². The molecule has 0 unspecified atom stereocenters. The average Bonchev–Trinajstić information content (AvgIpc) is 3.23. The highest BCUT2D eigenvalue weighted by Crippen LogP contribution is 2.25. The van der Waals surface area contributed by atoms with Crippen LogP contribution in [0.25, 0.3) is 0 Å². The van der Waals surface area contributed by atoms with Gasteiger partial charge >= 0.3 is 12.1 Å². The highest BCUT2D eigenvalue weighted by Gasteiger charge is 2.25. The van der Waals surface area contributed by atoms with Crippen LogP contribution >= 0.6 is 0 Å². The number of amides is 2. The number of anilines is 1. The molecule has 0 spiro atoms. The van der Waals surface area contributed by atoms with Gasteiger partial charge < -0.3 is 23.8 Å². The fraction of sp³-hybridized carbons (Fsp3) is 0.318. The number of cyclic esters (lactones) is 1. The molecular weight excluding hydrogens is 404 g/mol. The molecule has 9 nitrogen and oxygen atoms in total. The van der Waals surface area contributed by atoms with Crippen molar-refractivity contribution in [1.29, 1.82) is 0 Å². The number of carbonyl (C=O) groups excluding carboxylic acids is 3. The van der Waals surface area contributed by atoms with Gasteiger partial charge in [-0.15, -0.1) is 0 Å². The zero-order valence-corrected chi connectivity index (χ0v) is 17.6. The summed E-state index contributed by atoms with van der Waals surface area (Å²) >= 11 is 0. The van der Waals surface area contributed by atoms with Crippen LogP contribution in [0.15, 0.2) is 42.5 Å². The van der Waals surface area contributed by atoms with Crippen LogP contribution in [0.3, 0.4) is 0 Å². The molecule has 0 aliphatic carbocycles. The molecule has 2 aromatic rings. The minimum absolute atomic E-state index is 0.141. The second-order valence-electron chi connectivity index (χ2n) is 6.77. The molecule has 1 aliphatic heterocycles. The van der Waals surface area contributed by atoms with Crippen LogP contribution in [-0.2, 0) is 20.8 Å². The fourth-order valence-electron chi connectivity index (χ4n) is 3.19. The van der Waals surface area contributed by atoms with Crippen LogP contribution in [0.4, 0.5) is 10.5 Å². The van der Waals surface area contributed by atoms with Crippen LogP contribution < -0.4 is 14.4 Å². The van der Waals surface area contributed by atoms with Crippen LogP contribution in [0.5, 0.6) is 11.5 Å². The Hall–Kier alpha value is -3.75. The third-order valence-electron chi connectivity index (χ3n) is 4.81. The van der Waals surface area contributed by atoms with Gasteiger partial charge in [0.05, 0.1) is 27.9 Å². The third kappa shape index (κ3) is 5.25. The standard InChI is InChI=1S/C22H24N2O7/c1-28-18-10-15(11-19(12-18)29-2)13-23(14-20(25)30-3)21(26)16-4-6-17(7-5-16)24-8-9-31-22(24)27/h4-7,10-12H,8-9,13-14H2,1-3H3. The summed E-state index contributed by atoms with van der Waals surface area (Å²) in [6, 6.07) is 11.8. The molecule has 9 heteroatoms. The quantitative estimate of drug-likeness (QED) is 0.596. The van der Waals surface area contributed by atoms with Crippen molar-refractivity contribution in [3.05, 3.63) is 53.6 Å². The second kappa shape index (κ2) is 9.84. The molecule has 1 aliphatic rings. The molecule has 1 fully saturated rings. The minimum atomic E-state index is -0.542. The van der Waals surface area contributed by atoms with E-state index >= 15 is 0 Å². The van der Waals surface area contributed by atoms with Crippen LogP contribution in [-0.4, -0.2) is 63.9 Å². The second-order valence-corrected chi connectivity index (χ2v) is 6.77. The van der Waals surface area contributed by atoms with Gasteiger partial charge in [-0.3, -0.25) is 14.5 Å². The first kappa shape index (κ1) is 21.9. The Balaban J connectivity index is 1.83. The number of ether oxygens (including phenoxy) is 4. The normalized spacial score (nSPS) is 12.9. The molecule has 3 rings (SSSR count). The molecular formula is C22H24N2O7. The van der Waals surface area contributed by atoms with Crippen LogP contribution in [0, 0.1) is 0 Å². The number of hydrogen-bond acceptors (Lipinski definition) is 7. The number of carbonyl (C=O) groups is 3. The summed E-state index contributed by atoms with van der Waals surface area (Å²) in [6.45, 7) is 0.700. The first-order valence-corrected chi connectivity index (χ1v) is 9.57. The van der Waals surface area contributed by atoms with Gasteiger partial charge in [-0.25, -0.2) is 4.79 Å². The monoisotopic (exact) mass is 428 g/mol. The largest absolute Gasteiger partial charge is 0.497 e. The van der Waals surface area contributed by atoms with E-state index in [0.717, 1.165) is 5.56 Å². The van der Waals surface area contributed by atoms with Gasteiger partial charge in [0.2, 0.25) is 0 Å². The summed E-state index contributed by atoms with van der Waals surface area (Å²) in [5, 5.41) is 0. The zero-order valence-electron chi connectivity index (χ0n) is 17.6. The Labute approximate surface area is 180 Å². The molecule has 2 aromatic carbocycles. The lowest BCUT2D eigenvalue weighted by Crippen LogP contribution is -2.35. The van der Waals surface area contributed by atoms with E-state index < -0.39 is 12.1 Å². The predicted molar refractivity (Wildman–Crippen MR) is 111 cm³/mol. The van der Waals surface area contributed by atoms with E-state index in [9.17, 15) is 14.4 Å². The summed E-state index contributed by atoms with van der Waals surface area (Å²) in [7, 11) is 4.34. The lowest BCUT2D eigenvalue weighted by Gasteiger charge is -2.22. The van der Waals surface area contributed by atoms with Crippen molar-refractivity contribution in [3.63, 3.8) is 0 Å². The maximum Gasteiger partial charge on any atom is 0.414 e. The molecule has 0 aromatic heterocycles. The van der Waals surface area contributed by atoms with Gasteiger partial charge in [0.15, 0.2) is 0 Å². The summed E-state index contributed by atoms with van der Waals surface area (Å²) in [4.78, 5) is 39.7. The Kier molecular flexibility index (Phi) is 6.96. The predicted octanol–water partition coefficient (Wildman–Crippen LogP) is 2.48. The van der Waals surface area contributed by atoms with Crippen molar-refractivity contribution in [2.24, 2.45) is 0 Å². The first-order chi connectivity index (χ1) is 14.9. The molecule has 0 N–H and O–H groups in total. The molecule has 1 heterocycles. The molecule has 0 atom stereocenters. The van der Waals surface area contributed by atoms with Crippen LogP contribution in [0.1, 0.15) is 15.9 Å². The molecule has 1 saturated heterocycles. The van der Waals surface area contributed by atoms with Gasteiger partial charge in [0.1, 0.15) is 24.7 Å². The number of benzene rings is 2. The highest BCUT2D eigenvalue weighted by molar-refractivity contribution is 5.97. The number of rotatable bonds is 8. The van der Waals surface area contributed by atoms with E-state index in [-0.39, 0.29) is 19.0 Å². The van der Waals surface area contributed by atoms with E-state index in [2.05, 4.69) is 0 Å². The van der Waals surface area contributed by atoms with Crippen LogP contribution in [0.2, 0.25) is 0 Å². The van der Waals surface area contributed by atoms with E-state index in [4.69, 9.17) is 18.9 Å². The summed E-state index contributed by atoms with van der Waals surface area (Å²) in [5.41, 5.74) is 1.73. The Bertz CT molecular complexity index is 937.